The highest BCUT2D eigenvalue weighted by Gasteiger charge is 2.31. The minimum absolute atomic E-state index is 0.00878. The minimum Gasteiger partial charge on any atom is -0.469 e. The van der Waals surface area contributed by atoms with Crippen LogP contribution < -0.4 is 10.1 Å². The van der Waals surface area contributed by atoms with Gasteiger partial charge in [0.1, 0.15) is 0 Å². The Kier molecular flexibility index (Phi) is 3.26. The Labute approximate surface area is 115 Å². The van der Waals surface area contributed by atoms with E-state index in [2.05, 4.69) is 58.6 Å². The molecule has 18 heavy (non-hydrogen) atoms. The largest absolute Gasteiger partial charge is 0.469 e. The van der Waals surface area contributed by atoms with Gasteiger partial charge in [0.15, 0.2) is 18.3 Å². The molecule has 0 unspecified atom stereocenters. The molecule has 0 saturated carbocycles. The van der Waals surface area contributed by atoms with Crippen LogP contribution in [0.3, 0.4) is 0 Å². The molecule has 0 fully saturated rings. The van der Waals surface area contributed by atoms with E-state index in [-0.39, 0.29) is 10.8 Å². The monoisotopic (exact) mass is 266 g/mol. The molecule has 4 heteroatoms. The van der Waals surface area contributed by atoms with E-state index in [9.17, 15) is 0 Å². The molecule has 0 saturated heterocycles. The van der Waals surface area contributed by atoms with Gasteiger partial charge in [0.05, 0.1) is 5.69 Å². The summed E-state index contributed by atoms with van der Waals surface area (Å²) in [6.45, 7) is 11.5. The van der Waals surface area contributed by atoms with Crippen molar-refractivity contribution in [1.29, 1.82) is 0 Å². The molecular formula is C14H22N2OS. The number of nitrogens with zero attached hydrogens (tertiary/aromatic N) is 1. The molecule has 100 valence electrons. The third-order valence-corrected chi connectivity index (χ3v) is 4.08. The maximum Gasteiger partial charge on any atom is 0.171 e. The van der Waals surface area contributed by atoms with Crippen LogP contribution in [0, 0.1) is 0 Å². The average Bonchev–Trinajstić information content (AvgIpc) is 2.73. The molecule has 0 spiro atoms. The number of fused-ring (bicyclic) bond motifs is 1. The number of ether oxygens (including phenoxy) is 1. The van der Waals surface area contributed by atoms with E-state index in [0.717, 1.165) is 23.0 Å². The van der Waals surface area contributed by atoms with Gasteiger partial charge in [0.2, 0.25) is 0 Å². The van der Waals surface area contributed by atoms with Crippen LogP contribution in [-0.4, -0.2) is 17.5 Å². The second-order valence-corrected chi connectivity index (χ2v) is 6.80. The van der Waals surface area contributed by atoms with Crippen molar-refractivity contribution in [3.05, 3.63) is 17.3 Å². The zero-order valence-electron chi connectivity index (χ0n) is 11.8. The fraction of sp³-hybridized carbons (Fsp3) is 0.643. The number of pyridine rings is 1. The molecule has 1 N–H and O–H groups in total. The summed E-state index contributed by atoms with van der Waals surface area (Å²) >= 11 is 4.48. The zero-order valence-corrected chi connectivity index (χ0v) is 12.7. The first-order valence-electron chi connectivity index (χ1n) is 6.29. The highest BCUT2D eigenvalue weighted by Crippen LogP contribution is 2.39. The van der Waals surface area contributed by atoms with Crippen molar-refractivity contribution in [3.63, 3.8) is 0 Å². The Morgan fingerprint density at radius 1 is 1.33 bits per heavy atom. The Bertz CT molecular complexity index is 464. The van der Waals surface area contributed by atoms with Crippen LogP contribution >= 0.6 is 12.6 Å². The van der Waals surface area contributed by atoms with Crippen LogP contribution in [0.4, 0.5) is 5.82 Å². The number of nitrogens with one attached hydrogen (secondary N) is 1. The fourth-order valence-electron chi connectivity index (χ4n) is 2.09. The summed E-state index contributed by atoms with van der Waals surface area (Å²) in [5, 5.41) is 3.16. The molecule has 0 radical (unpaired) electrons. The van der Waals surface area contributed by atoms with Gasteiger partial charge in [-0.05, 0) is 17.4 Å². The maximum absolute atomic E-state index is 5.55. The molecule has 0 aliphatic carbocycles. The van der Waals surface area contributed by atoms with Gasteiger partial charge in [-0.25, -0.2) is 4.98 Å². The highest BCUT2D eigenvalue weighted by molar-refractivity contribution is 7.80. The molecule has 0 aromatic carbocycles. The average molecular weight is 266 g/mol. The first kappa shape index (κ1) is 13.5. The molecular weight excluding hydrogens is 244 g/mol. The van der Waals surface area contributed by atoms with E-state index >= 15 is 0 Å². The van der Waals surface area contributed by atoms with Gasteiger partial charge in [0.25, 0.3) is 0 Å². The molecule has 1 aliphatic heterocycles. The van der Waals surface area contributed by atoms with Gasteiger partial charge in [-0.3, -0.25) is 0 Å². The van der Waals surface area contributed by atoms with Crippen LogP contribution in [-0.2, 0) is 10.8 Å². The topological polar surface area (TPSA) is 34.1 Å². The first-order chi connectivity index (χ1) is 8.25. The summed E-state index contributed by atoms with van der Waals surface area (Å²) < 4.78 is 5.55. The van der Waals surface area contributed by atoms with E-state index in [1.165, 1.54) is 5.56 Å². The number of aromatic nitrogens is 1. The van der Waals surface area contributed by atoms with Gasteiger partial charge < -0.3 is 10.1 Å². The van der Waals surface area contributed by atoms with E-state index in [1.54, 1.807) is 0 Å². The third-order valence-electron chi connectivity index (χ3n) is 3.29. The van der Waals surface area contributed by atoms with E-state index in [0.29, 0.717) is 6.73 Å². The Hall–Kier alpha value is -0.900. The lowest BCUT2D eigenvalue weighted by molar-refractivity contribution is 0.370. The van der Waals surface area contributed by atoms with Crippen LogP contribution in [0.15, 0.2) is 6.07 Å². The molecule has 0 atom stereocenters. The van der Waals surface area contributed by atoms with E-state index < -0.39 is 0 Å². The summed E-state index contributed by atoms with van der Waals surface area (Å²) in [5.74, 6) is 2.50. The predicted molar refractivity (Wildman–Crippen MR) is 78.9 cm³/mol. The molecule has 1 aromatic rings. The normalized spacial score (nSPS) is 15.0. The summed E-state index contributed by atoms with van der Waals surface area (Å²) in [6, 6.07) is 2.12. The van der Waals surface area contributed by atoms with Crippen molar-refractivity contribution in [3.8, 4) is 5.75 Å². The number of hydrogen-bond donors (Lipinski definition) is 2. The van der Waals surface area contributed by atoms with Crippen molar-refractivity contribution in [2.24, 2.45) is 0 Å². The van der Waals surface area contributed by atoms with Gasteiger partial charge in [-0.1, -0.05) is 34.6 Å². The summed E-state index contributed by atoms with van der Waals surface area (Å²) in [6.07, 6.45) is 0. The summed E-state index contributed by atoms with van der Waals surface area (Å²) in [7, 11) is 0. The second-order valence-electron chi connectivity index (χ2n) is 6.49. The van der Waals surface area contributed by atoms with Crippen molar-refractivity contribution < 1.29 is 4.74 Å². The van der Waals surface area contributed by atoms with Crippen LogP contribution in [0.1, 0.15) is 45.9 Å². The highest BCUT2D eigenvalue weighted by atomic mass is 32.1. The van der Waals surface area contributed by atoms with Gasteiger partial charge in [-0.2, -0.15) is 12.6 Å². The minimum atomic E-state index is -0.0142. The summed E-state index contributed by atoms with van der Waals surface area (Å²) in [5.41, 5.74) is 2.35. The molecule has 1 aromatic heterocycles. The Morgan fingerprint density at radius 2 is 2.00 bits per heavy atom. The number of anilines is 1. The molecule has 3 nitrogen and oxygen atoms in total. The van der Waals surface area contributed by atoms with E-state index in [1.807, 2.05) is 0 Å². The lowest BCUT2D eigenvalue weighted by Gasteiger charge is -2.30. The molecule has 0 bridgehead atoms. The van der Waals surface area contributed by atoms with Gasteiger partial charge in [-0.15, -0.1) is 0 Å². The van der Waals surface area contributed by atoms with Crippen molar-refractivity contribution in [2.75, 3.05) is 17.8 Å². The third kappa shape index (κ3) is 2.30. The lowest BCUT2D eigenvalue weighted by Crippen LogP contribution is -2.27. The quantitative estimate of drug-likeness (QED) is 0.806. The van der Waals surface area contributed by atoms with Crippen LogP contribution in [0.5, 0.6) is 5.75 Å². The maximum atomic E-state index is 5.55. The smallest absolute Gasteiger partial charge is 0.171 e. The Balaban J connectivity index is 2.63. The van der Waals surface area contributed by atoms with Crippen molar-refractivity contribution in [2.45, 2.75) is 45.4 Å². The fourth-order valence-corrected chi connectivity index (χ4v) is 2.26. The molecule has 1 aliphatic rings. The SMILES string of the molecule is CC(C)(C)c1nc2c(cc1C(C)(C)CS)OCN2. The van der Waals surface area contributed by atoms with Crippen LogP contribution in [0.25, 0.3) is 0 Å². The number of hydrogen-bond acceptors (Lipinski definition) is 4. The zero-order chi connectivity index (χ0) is 13.6. The number of rotatable bonds is 2. The van der Waals surface area contributed by atoms with Gasteiger partial charge in [0, 0.05) is 10.8 Å². The molecule has 2 heterocycles. The lowest BCUT2D eigenvalue weighted by atomic mass is 9.78. The summed E-state index contributed by atoms with van der Waals surface area (Å²) in [4.78, 5) is 4.77. The molecule has 2 rings (SSSR count). The molecule has 0 amide bonds. The van der Waals surface area contributed by atoms with E-state index in [4.69, 9.17) is 9.72 Å². The predicted octanol–water partition coefficient (Wildman–Crippen LogP) is 3.35. The van der Waals surface area contributed by atoms with Crippen molar-refractivity contribution >= 4 is 18.4 Å². The second kappa shape index (κ2) is 4.34. The van der Waals surface area contributed by atoms with Crippen LogP contribution in [0.2, 0.25) is 0 Å². The standard InChI is InChI=1S/C14H22N2OS/c1-13(2,3)11-9(14(4,5)7-18)6-10-12(16-11)15-8-17-10/h6,18H,7-8H2,1-5H3,(H,15,16). The number of thiol groups is 1. The van der Waals surface area contributed by atoms with Crippen molar-refractivity contribution in [1.82, 2.24) is 4.98 Å². The Morgan fingerprint density at radius 3 is 2.56 bits per heavy atom. The van der Waals surface area contributed by atoms with Gasteiger partial charge >= 0.3 is 0 Å². The first-order valence-corrected chi connectivity index (χ1v) is 6.92.